The molecule has 5 nitrogen and oxygen atoms in total. The second kappa shape index (κ2) is 6.87. The van der Waals surface area contributed by atoms with Crippen LogP contribution in [0.1, 0.15) is 18.4 Å². The van der Waals surface area contributed by atoms with E-state index in [0.29, 0.717) is 12.2 Å². The number of hydrogen-bond donors (Lipinski definition) is 1. The van der Waals surface area contributed by atoms with E-state index in [0.717, 1.165) is 28.9 Å². The van der Waals surface area contributed by atoms with E-state index in [1.165, 1.54) is 12.8 Å². The van der Waals surface area contributed by atoms with Crippen LogP contribution in [0.2, 0.25) is 0 Å². The van der Waals surface area contributed by atoms with Crippen molar-refractivity contribution in [3.8, 4) is 0 Å². The number of halogens is 1. The Morgan fingerprint density at radius 1 is 1.14 bits per heavy atom. The standard InChI is InChI=1S/C16H17BrN4O/c17-13-6-2-1-5-12(13)11-16(22)18-14-7-8-15(20-19-14)21-9-3-4-10-21/h1-2,5-8H,3-4,9-11H2,(H,18,19,22). The highest BCUT2D eigenvalue weighted by Crippen LogP contribution is 2.19. The van der Waals surface area contributed by atoms with Crippen LogP contribution in [0.3, 0.4) is 0 Å². The van der Waals surface area contributed by atoms with Crippen LogP contribution in [0.15, 0.2) is 40.9 Å². The molecule has 114 valence electrons. The first-order valence-electron chi connectivity index (χ1n) is 7.34. The molecule has 3 rings (SSSR count). The maximum absolute atomic E-state index is 12.1. The number of amides is 1. The van der Waals surface area contributed by atoms with Crippen molar-refractivity contribution in [2.45, 2.75) is 19.3 Å². The molecule has 22 heavy (non-hydrogen) atoms. The Morgan fingerprint density at radius 3 is 2.59 bits per heavy atom. The molecule has 0 atom stereocenters. The van der Waals surface area contributed by atoms with Crippen LogP contribution in [0, 0.1) is 0 Å². The summed E-state index contributed by atoms with van der Waals surface area (Å²) in [5, 5.41) is 11.1. The van der Waals surface area contributed by atoms with E-state index in [1.54, 1.807) is 6.07 Å². The third kappa shape index (κ3) is 3.62. The monoisotopic (exact) mass is 360 g/mol. The van der Waals surface area contributed by atoms with Crippen molar-refractivity contribution in [3.63, 3.8) is 0 Å². The first-order valence-corrected chi connectivity index (χ1v) is 8.13. The lowest BCUT2D eigenvalue weighted by Crippen LogP contribution is -2.20. The third-order valence-electron chi connectivity index (χ3n) is 3.66. The third-order valence-corrected chi connectivity index (χ3v) is 4.43. The van der Waals surface area contributed by atoms with Crippen LogP contribution in [-0.2, 0) is 11.2 Å². The van der Waals surface area contributed by atoms with Crippen LogP contribution >= 0.6 is 15.9 Å². The average molecular weight is 361 g/mol. The van der Waals surface area contributed by atoms with Crippen molar-refractivity contribution in [1.29, 1.82) is 0 Å². The van der Waals surface area contributed by atoms with Crippen molar-refractivity contribution in [1.82, 2.24) is 10.2 Å². The minimum Gasteiger partial charge on any atom is -0.355 e. The highest BCUT2D eigenvalue weighted by Gasteiger charge is 2.14. The first kappa shape index (κ1) is 15.0. The summed E-state index contributed by atoms with van der Waals surface area (Å²) in [6.07, 6.45) is 2.70. The van der Waals surface area contributed by atoms with Gasteiger partial charge in [0.1, 0.15) is 0 Å². The van der Waals surface area contributed by atoms with E-state index >= 15 is 0 Å². The van der Waals surface area contributed by atoms with Gasteiger partial charge in [0.05, 0.1) is 6.42 Å². The maximum Gasteiger partial charge on any atom is 0.230 e. The van der Waals surface area contributed by atoms with E-state index in [1.807, 2.05) is 30.3 Å². The summed E-state index contributed by atoms with van der Waals surface area (Å²) in [4.78, 5) is 14.3. The fraction of sp³-hybridized carbons (Fsp3) is 0.312. The average Bonchev–Trinajstić information content (AvgIpc) is 3.05. The van der Waals surface area contributed by atoms with Crippen LogP contribution in [0.5, 0.6) is 0 Å². The second-order valence-electron chi connectivity index (χ2n) is 5.29. The SMILES string of the molecule is O=C(Cc1ccccc1Br)Nc1ccc(N2CCCC2)nn1. The van der Waals surface area contributed by atoms with E-state index in [9.17, 15) is 4.79 Å². The smallest absolute Gasteiger partial charge is 0.230 e. The van der Waals surface area contributed by atoms with Crippen molar-refractivity contribution in [3.05, 3.63) is 46.4 Å². The molecular formula is C16H17BrN4O. The van der Waals surface area contributed by atoms with Gasteiger partial charge in [0.25, 0.3) is 0 Å². The fourth-order valence-electron chi connectivity index (χ4n) is 2.51. The molecule has 2 aromatic rings. The summed E-state index contributed by atoms with van der Waals surface area (Å²) in [6, 6.07) is 11.4. The number of carbonyl (C=O) groups excluding carboxylic acids is 1. The molecule has 1 aliphatic rings. The van der Waals surface area contributed by atoms with Crippen molar-refractivity contribution >= 4 is 33.5 Å². The van der Waals surface area contributed by atoms with Crippen molar-refractivity contribution < 1.29 is 4.79 Å². The number of nitrogens with one attached hydrogen (secondary N) is 1. The van der Waals surface area contributed by atoms with Gasteiger partial charge in [-0.05, 0) is 36.6 Å². The molecule has 1 aliphatic heterocycles. The normalized spacial score (nSPS) is 14.1. The van der Waals surface area contributed by atoms with Gasteiger partial charge in [0.2, 0.25) is 5.91 Å². The number of aromatic nitrogens is 2. The van der Waals surface area contributed by atoms with Crippen LogP contribution < -0.4 is 10.2 Å². The van der Waals surface area contributed by atoms with E-state index in [2.05, 4.69) is 36.3 Å². The number of carbonyl (C=O) groups is 1. The second-order valence-corrected chi connectivity index (χ2v) is 6.14. The number of nitrogens with zero attached hydrogens (tertiary/aromatic N) is 3. The van der Waals surface area contributed by atoms with Crippen LogP contribution in [0.4, 0.5) is 11.6 Å². The molecule has 0 saturated carbocycles. The number of hydrogen-bond acceptors (Lipinski definition) is 4. The Kier molecular flexibility index (Phi) is 4.68. The lowest BCUT2D eigenvalue weighted by atomic mass is 10.1. The lowest BCUT2D eigenvalue weighted by Gasteiger charge is -2.15. The molecule has 1 aromatic carbocycles. The Bertz CT molecular complexity index is 653. The molecule has 0 aliphatic carbocycles. The summed E-state index contributed by atoms with van der Waals surface area (Å²) in [5.41, 5.74) is 0.946. The zero-order valence-electron chi connectivity index (χ0n) is 12.1. The molecule has 1 fully saturated rings. The van der Waals surface area contributed by atoms with Gasteiger partial charge in [0.15, 0.2) is 11.6 Å². The molecular weight excluding hydrogens is 344 g/mol. The molecule has 6 heteroatoms. The van der Waals surface area contributed by atoms with Gasteiger partial charge in [0, 0.05) is 17.6 Å². The predicted molar refractivity (Wildman–Crippen MR) is 90.0 cm³/mol. The number of rotatable bonds is 4. The minimum absolute atomic E-state index is 0.102. The molecule has 1 N–H and O–H groups in total. The predicted octanol–water partition coefficient (Wildman–Crippen LogP) is 3.02. The number of anilines is 2. The largest absolute Gasteiger partial charge is 0.355 e. The Morgan fingerprint density at radius 2 is 1.91 bits per heavy atom. The zero-order chi connectivity index (χ0) is 15.4. The van der Waals surface area contributed by atoms with Gasteiger partial charge in [-0.15, -0.1) is 10.2 Å². The summed E-state index contributed by atoms with van der Waals surface area (Å²) in [5.74, 6) is 1.26. The molecule has 1 saturated heterocycles. The van der Waals surface area contributed by atoms with Gasteiger partial charge in [-0.25, -0.2) is 0 Å². The number of benzene rings is 1. The van der Waals surface area contributed by atoms with Gasteiger partial charge in [-0.1, -0.05) is 34.1 Å². The zero-order valence-corrected chi connectivity index (χ0v) is 13.7. The van der Waals surface area contributed by atoms with Gasteiger partial charge < -0.3 is 10.2 Å². The molecule has 0 bridgehead atoms. The first-order chi connectivity index (χ1) is 10.7. The van der Waals surface area contributed by atoms with Gasteiger partial charge in [-0.2, -0.15) is 0 Å². The van der Waals surface area contributed by atoms with Gasteiger partial charge in [-0.3, -0.25) is 4.79 Å². The summed E-state index contributed by atoms with van der Waals surface area (Å²) in [7, 11) is 0. The van der Waals surface area contributed by atoms with E-state index in [-0.39, 0.29) is 5.91 Å². The maximum atomic E-state index is 12.1. The van der Waals surface area contributed by atoms with E-state index in [4.69, 9.17) is 0 Å². The Balaban J connectivity index is 1.60. The summed E-state index contributed by atoms with van der Waals surface area (Å²) in [6.45, 7) is 2.06. The molecule has 0 radical (unpaired) electrons. The highest BCUT2D eigenvalue weighted by atomic mass is 79.9. The Labute approximate surface area is 137 Å². The summed E-state index contributed by atoms with van der Waals surface area (Å²) >= 11 is 3.44. The molecule has 1 amide bonds. The fourth-order valence-corrected chi connectivity index (χ4v) is 2.93. The van der Waals surface area contributed by atoms with Crippen LogP contribution in [0.25, 0.3) is 0 Å². The molecule has 2 heterocycles. The highest BCUT2D eigenvalue weighted by molar-refractivity contribution is 9.10. The molecule has 0 spiro atoms. The molecule has 1 aromatic heterocycles. The Hall–Kier alpha value is -1.95. The van der Waals surface area contributed by atoms with Crippen molar-refractivity contribution in [2.75, 3.05) is 23.3 Å². The van der Waals surface area contributed by atoms with Gasteiger partial charge >= 0.3 is 0 Å². The lowest BCUT2D eigenvalue weighted by molar-refractivity contribution is -0.115. The van der Waals surface area contributed by atoms with E-state index < -0.39 is 0 Å². The molecule has 0 unspecified atom stereocenters. The summed E-state index contributed by atoms with van der Waals surface area (Å²) < 4.78 is 0.931. The van der Waals surface area contributed by atoms with Crippen molar-refractivity contribution in [2.24, 2.45) is 0 Å². The topological polar surface area (TPSA) is 58.1 Å². The quantitative estimate of drug-likeness (QED) is 0.910. The minimum atomic E-state index is -0.102. The van der Waals surface area contributed by atoms with Crippen LogP contribution in [-0.4, -0.2) is 29.2 Å².